The number of hydrogen-bond donors (Lipinski definition) is 0. The monoisotopic (exact) mass is 536 g/mol. The first-order valence-electron chi connectivity index (χ1n) is 12.3. The van der Waals surface area contributed by atoms with Gasteiger partial charge in [-0.2, -0.15) is 0 Å². The first-order chi connectivity index (χ1) is 18.0. The highest BCUT2D eigenvalue weighted by atomic mass is 16.6. The number of amides is 2. The van der Waals surface area contributed by atoms with Crippen molar-refractivity contribution in [3.05, 3.63) is 24.3 Å². The SMILES string of the molecule is CCOC(=O)C(CC(=O)N(C)c1ccc(N(C)C(=O)CC(C(=O)OCC)C(=O)OCC)cc1)C(=O)OCC. The van der Waals surface area contributed by atoms with Crippen LogP contribution in [0.5, 0.6) is 0 Å². The van der Waals surface area contributed by atoms with Crippen molar-refractivity contribution in [1.82, 2.24) is 0 Å². The highest BCUT2D eigenvalue weighted by Crippen LogP contribution is 2.23. The summed E-state index contributed by atoms with van der Waals surface area (Å²) in [6, 6.07) is 6.26. The number of anilines is 2. The van der Waals surface area contributed by atoms with Crippen molar-refractivity contribution in [3.8, 4) is 0 Å². The van der Waals surface area contributed by atoms with E-state index in [1.807, 2.05) is 0 Å². The summed E-state index contributed by atoms with van der Waals surface area (Å²) < 4.78 is 19.6. The van der Waals surface area contributed by atoms with E-state index in [1.54, 1.807) is 52.0 Å². The van der Waals surface area contributed by atoms with Crippen molar-refractivity contribution in [2.24, 2.45) is 11.8 Å². The highest BCUT2D eigenvalue weighted by Gasteiger charge is 2.34. The van der Waals surface area contributed by atoms with Crippen LogP contribution in [0.25, 0.3) is 0 Å². The molecule has 210 valence electrons. The summed E-state index contributed by atoms with van der Waals surface area (Å²) in [5, 5.41) is 0. The van der Waals surface area contributed by atoms with Gasteiger partial charge >= 0.3 is 23.9 Å². The largest absolute Gasteiger partial charge is 0.465 e. The second-order valence-corrected chi connectivity index (χ2v) is 7.94. The van der Waals surface area contributed by atoms with E-state index in [0.717, 1.165) is 0 Å². The Labute approximate surface area is 222 Å². The number of carbonyl (C=O) groups excluding carboxylic acids is 6. The molecule has 0 aromatic heterocycles. The van der Waals surface area contributed by atoms with Crippen molar-refractivity contribution in [2.75, 3.05) is 50.3 Å². The van der Waals surface area contributed by atoms with Crippen LogP contribution in [0.1, 0.15) is 40.5 Å². The van der Waals surface area contributed by atoms with E-state index in [4.69, 9.17) is 18.9 Å². The average Bonchev–Trinajstić information content (AvgIpc) is 2.89. The summed E-state index contributed by atoms with van der Waals surface area (Å²) in [7, 11) is 2.95. The molecule has 0 aliphatic carbocycles. The van der Waals surface area contributed by atoms with Crippen LogP contribution in [-0.2, 0) is 47.7 Å². The molecular formula is C26H36N2O10. The van der Waals surface area contributed by atoms with Crippen molar-refractivity contribution in [1.29, 1.82) is 0 Å². The van der Waals surface area contributed by atoms with Gasteiger partial charge in [-0.3, -0.25) is 28.8 Å². The third kappa shape index (κ3) is 9.16. The Bertz CT molecular complexity index is 877. The molecule has 0 aliphatic rings. The predicted molar refractivity (Wildman–Crippen MR) is 136 cm³/mol. The van der Waals surface area contributed by atoms with Crippen LogP contribution in [0.2, 0.25) is 0 Å². The molecule has 38 heavy (non-hydrogen) atoms. The fourth-order valence-electron chi connectivity index (χ4n) is 3.31. The van der Waals surface area contributed by atoms with Gasteiger partial charge in [-0.25, -0.2) is 0 Å². The number of benzene rings is 1. The zero-order chi connectivity index (χ0) is 28.8. The summed E-state index contributed by atoms with van der Waals surface area (Å²) in [5.41, 5.74) is 0.865. The standard InChI is InChI=1S/C26H36N2O10/c1-7-35-23(31)19(24(32)36-8-2)15-21(29)27(5)17-11-13-18(14-12-17)28(6)22(30)16-20(25(33)37-9-3)26(34)38-10-4/h11-14,19-20H,7-10,15-16H2,1-6H3. The number of carbonyl (C=O) groups is 6. The second kappa shape index (κ2) is 16.0. The van der Waals surface area contributed by atoms with Gasteiger partial charge in [0, 0.05) is 25.5 Å². The predicted octanol–water partition coefficient (Wildman–Crippen LogP) is 1.88. The first-order valence-corrected chi connectivity index (χ1v) is 12.3. The number of rotatable bonds is 14. The Morgan fingerprint density at radius 3 is 1.00 bits per heavy atom. The quantitative estimate of drug-likeness (QED) is 0.196. The Hall–Kier alpha value is -3.96. The van der Waals surface area contributed by atoms with Gasteiger partial charge in [0.25, 0.3) is 0 Å². The van der Waals surface area contributed by atoms with Crippen LogP contribution in [0.15, 0.2) is 24.3 Å². The van der Waals surface area contributed by atoms with E-state index >= 15 is 0 Å². The molecule has 2 amide bonds. The lowest BCUT2D eigenvalue weighted by Gasteiger charge is -2.23. The van der Waals surface area contributed by atoms with E-state index in [0.29, 0.717) is 11.4 Å². The molecule has 0 saturated heterocycles. The van der Waals surface area contributed by atoms with Crippen molar-refractivity contribution in [3.63, 3.8) is 0 Å². The topological polar surface area (TPSA) is 146 Å². The summed E-state index contributed by atoms with van der Waals surface area (Å²) in [6.45, 7) is 6.55. The van der Waals surface area contributed by atoms with Gasteiger partial charge in [0.1, 0.15) is 0 Å². The lowest BCUT2D eigenvalue weighted by Crippen LogP contribution is -2.36. The Morgan fingerprint density at radius 1 is 0.553 bits per heavy atom. The zero-order valence-electron chi connectivity index (χ0n) is 22.7. The zero-order valence-corrected chi connectivity index (χ0v) is 22.7. The van der Waals surface area contributed by atoms with Gasteiger partial charge in [0.2, 0.25) is 11.8 Å². The molecule has 12 nitrogen and oxygen atoms in total. The smallest absolute Gasteiger partial charge is 0.320 e. The van der Waals surface area contributed by atoms with Crippen molar-refractivity contribution >= 4 is 47.1 Å². The lowest BCUT2D eigenvalue weighted by molar-refractivity contribution is -0.164. The molecule has 0 heterocycles. The number of esters is 4. The lowest BCUT2D eigenvalue weighted by atomic mass is 10.0. The summed E-state index contributed by atoms with van der Waals surface area (Å²) >= 11 is 0. The fraction of sp³-hybridized carbons (Fsp3) is 0.538. The third-order valence-corrected chi connectivity index (χ3v) is 5.41. The van der Waals surface area contributed by atoms with E-state index in [-0.39, 0.29) is 26.4 Å². The van der Waals surface area contributed by atoms with E-state index in [1.165, 1.54) is 23.9 Å². The van der Waals surface area contributed by atoms with Gasteiger partial charge in [-0.05, 0) is 52.0 Å². The highest BCUT2D eigenvalue weighted by molar-refractivity contribution is 6.04. The maximum absolute atomic E-state index is 12.8. The molecule has 0 N–H and O–H groups in total. The van der Waals surface area contributed by atoms with Gasteiger partial charge in [0.05, 0.1) is 39.3 Å². The third-order valence-electron chi connectivity index (χ3n) is 5.41. The van der Waals surface area contributed by atoms with Crippen LogP contribution < -0.4 is 9.80 Å². The minimum atomic E-state index is -1.39. The van der Waals surface area contributed by atoms with Gasteiger partial charge in [-0.15, -0.1) is 0 Å². The Morgan fingerprint density at radius 2 is 0.789 bits per heavy atom. The summed E-state index contributed by atoms with van der Waals surface area (Å²) in [6.07, 6.45) is -0.894. The number of hydrogen-bond acceptors (Lipinski definition) is 10. The fourth-order valence-corrected chi connectivity index (χ4v) is 3.31. The maximum atomic E-state index is 12.8. The van der Waals surface area contributed by atoms with Gasteiger partial charge < -0.3 is 28.7 Å². The molecule has 0 bridgehead atoms. The minimum Gasteiger partial charge on any atom is -0.465 e. The van der Waals surface area contributed by atoms with E-state index in [2.05, 4.69) is 0 Å². The molecule has 12 heteroatoms. The normalized spacial score (nSPS) is 10.5. The van der Waals surface area contributed by atoms with E-state index in [9.17, 15) is 28.8 Å². The van der Waals surface area contributed by atoms with E-state index < -0.39 is 60.4 Å². The van der Waals surface area contributed by atoms with Crippen LogP contribution in [0.4, 0.5) is 11.4 Å². The molecule has 0 saturated carbocycles. The molecule has 0 aliphatic heterocycles. The Balaban J connectivity index is 2.96. The molecule has 0 fully saturated rings. The molecule has 0 spiro atoms. The van der Waals surface area contributed by atoms with Crippen molar-refractivity contribution < 1.29 is 47.7 Å². The van der Waals surface area contributed by atoms with Crippen LogP contribution in [0.3, 0.4) is 0 Å². The average molecular weight is 537 g/mol. The minimum absolute atomic E-state index is 0.0484. The van der Waals surface area contributed by atoms with Gasteiger partial charge in [0.15, 0.2) is 11.8 Å². The number of nitrogens with zero attached hydrogens (tertiary/aromatic N) is 2. The molecule has 0 unspecified atom stereocenters. The molecular weight excluding hydrogens is 500 g/mol. The molecule has 1 aromatic carbocycles. The summed E-state index contributed by atoms with van der Waals surface area (Å²) in [5.74, 6) is -7.20. The van der Waals surface area contributed by atoms with Crippen LogP contribution >= 0.6 is 0 Å². The first kappa shape index (κ1) is 32.1. The van der Waals surface area contributed by atoms with Crippen LogP contribution in [0, 0.1) is 11.8 Å². The second-order valence-electron chi connectivity index (χ2n) is 7.94. The van der Waals surface area contributed by atoms with Crippen molar-refractivity contribution in [2.45, 2.75) is 40.5 Å². The van der Waals surface area contributed by atoms with Crippen LogP contribution in [-0.4, -0.2) is 76.2 Å². The molecule has 1 rings (SSSR count). The maximum Gasteiger partial charge on any atom is 0.320 e. The Kier molecular flexibility index (Phi) is 13.5. The molecule has 0 atom stereocenters. The molecule has 0 radical (unpaired) electrons. The molecule has 1 aromatic rings. The number of ether oxygens (including phenoxy) is 4. The van der Waals surface area contributed by atoms with Gasteiger partial charge in [-0.1, -0.05) is 0 Å². The summed E-state index contributed by atoms with van der Waals surface area (Å²) in [4.78, 5) is 76.9.